The molecule has 0 aliphatic heterocycles. The standard InChI is InChI=1S/C18H21N3O2/c1-13(2)11-20-17(22)14-6-8-15(9-7-14)18(23)21-12-16-5-3-4-10-19-16/h3-10,13H,11-12H2,1-2H3,(H,20,22)(H,21,23). The number of benzene rings is 1. The fourth-order valence-electron chi connectivity index (χ4n) is 1.95. The van der Waals surface area contributed by atoms with Crippen LogP contribution in [0.1, 0.15) is 40.3 Å². The van der Waals surface area contributed by atoms with Crippen molar-refractivity contribution in [2.45, 2.75) is 20.4 Å². The van der Waals surface area contributed by atoms with Crippen LogP contribution in [0.4, 0.5) is 0 Å². The Morgan fingerprint density at radius 2 is 1.57 bits per heavy atom. The lowest BCUT2D eigenvalue weighted by Gasteiger charge is -2.08. The molecule has 0 radical (unpaired) electrons. The Hall–Kier alpha value is -2.69. The summed E-state index contributed by atoms with van der Waals surface area (Å²) in [6.45, 7) is 5.08. The lowest BCUT2D eigenvalue weighted by Crippen LogP contribution is -2.27. The van der Waals surface area contributed by atoms with Gasteiger partial charge in [0, 0.05) is 23.9 Å². The van der Waals surface area contributed by atoms with Crippen molar-refractivity contribution >= 4 is 11.8 Å². The van der Waals surface area contributed by atoms with Gasteiger partial charge in [0.2, 0.25) is 0 Å². The van der Waals surface area contributed by atoms with Crippen molar-refractivity contribution in [3.8, 4) is 0 Å². The first-order valence-corrected chi connectivity index (χ1v) is 7.62. The topological polar surface area (TPSA) is 71.1 Å². The maximum atomic E-state index is 12.1. The number of hydrogen-bond acceptors (Lipinski definition) is 3. The quantitative estimate of drug-likeness (QED) is 0.860. The molecule has 2 rings (SSSR count). The van der Waals surface area contributed by atoms with E-state index in [1.807, 2.05) is 32.0 Å². The number of hydrogen-bond donors (Lipinski definition) is 2. The normalized spacial score (nSPS) is 10.4. The van der Waals surface area contributed by atoms with Gasteiger partial charge in [-0.2, -0.15) is 0 Å². The molecule has 0 aliphatic rings. The number of carbonyl (C=O) groups excluding carboxylic acids is 2. The van der Waals surface area contributed by atoms with Crippen LogP contribution in [0.5, 0.6) is 0 Å². The Kier molecular flexibility index (Phi) is 5.86. The monoisotopic (exact) mass is 311 g/mol. The van der Waals surface area contributed by atoms with Crippen LogP contribution in [0.2, 0.25) is 0 Å². The molecule has 0 saturated heterocycles. The molecule has 0 unspecified atom stereocenters. The van der Waals surface area contributed by atoms with E-state index in [4.69, 9.17) is 0 Å². The summed E-state index contributed by atoms with van der Waals surface area (Å²) in [4.78, 5) is 28.1. The molecule has 0 aliphatic carbocycles. The number of amides is 2. The second kappa shape index (κ2) is 8.08. The minimum atomic E-state index is -0.190. The van der Waals surface area contributed by atoms with Crippen LogP contribution in [0, 0.1) is 5.92 Å². The number of nitrogens with zero attached hydrogens (tertiary/aromatic N) is 1. The molecule has 23 heavy (non-hydrogen) atoms. The highest BCUT2D eigenvalue weighted by atomic mass is 16.2. The number of pyridine rings is 1. The van der Waals surface area contributed by atoms with Gasteiger partial charge in [0.15, 0.2) is 0 Å². The Morgan fingerprint density at radius 3 is 2.09 bits per heavy atom. The van der Waals surface area contributed by atoms with Crippen molar-refractivity contribution in [3.63, 3.8) is 0 Å². The Balaban J connectivity index is 1.91. The third kappa shape index (κ3) is 5.21. The fraction of sp³-hybridized carbons (Fsp3) is 0.278. The zero-order valence-corrected chi connectivity index (χ0v) is 13.4. The Labute approximate surface area is 136 Å². The average Bonchev–Trinajstić information content (AvgIpc) is 2.58. The van der Waals surface area contributed by atoms with Crippen LogP contribution < -0.4 is 10.6 Å². The molecule has 5 heteroatoms. The van der Waals surface area contributed by atoms with E-state index in [2.05, 4.69) is 15.6 Å². The van der Waals surface area contributed by atoms with Crippen molar-refractivity contribution in [3.05, 3.63) is 65.5 Å². The Morgan fingerprint density at radius 1 is 0.957 bits per heavy atom. The van der Waals surface area contributed by atoms with E-state index in [-0.39, 0.29) is 11.8 Å². The summed E-state index contributed by atoms with van der Waals surface area (Å²) < 4.78 is 0. The summed E-state index contributed by atoms with van der Waals surface area (Å²) in [5.41, 5.74) is 1.86. The van der Waals surface area contributed by atoms with Gasteiger partial charge in [0.05, 0.1) is 12.2 Å². The molecule has 0 spiro atoms. The highest BCUT2D eigenvalue weighted by Gasteiger charge is 2.09. The third-order valence-corrected chi connectivity index (χ3v) is 3.24. The summed E-state index contributed by atoms with van der Waals surface area (Å²) >= 11 is 0. The summed E-state index contributed by atoms with van der Waals surface area (Å²) in [5.74, 6) is 0.0829. The second-order valence-corrected chi connectivity index (χ2v) is 5.68. The first-order valence-electron chi connectivity index (χ1n) is 7.62. The van der Waals surface area contributed by atoms with Gasteiger partial charge in [0.1, 0.15) is 0 Å². The molecule has 2 amide bonds. The SMILES string of the molecule is CC(C)CNC(=O)c1ccc(C(=O)NCc2ccccn2)cc1. The van der Waals surface area contributed by atoms with E-state index in [0.29, 0.717) is 30.1 Å². The van der Waals surface area contributed by atoms with Crippen LogP contribution in [0.25, 0.3) is 0 Å². The van der Waals surface area contributed by atoms with Gasteiger partial charge in [-0.05, 0) is 42.3 Å². The van der Waals surface area contributed by atoms with Gasteiger partial charge >= 0.3 is 0 Å². The molecule has 0 saturated carbocycles. The van der Waals surface area contributed by atoms with Gasteiger partial charge in [-0.25, -0.2) is 0 Å². The zero-order chi connectivity index (χ0) is 16.7. The van der Waals surface area contributed by atoms with Gasteiger partial charge in [0.25, 0.3) is 11.8 Å². The molecule has 1 aromatic carbocycles. The Bertz CT molecular complexity index is 652. The van der Waals surface area contributed by atoms with Crippen LogP contribution in [-0.2, 0) is 6.54 Å². The van der Waals surface area contributed by atoms with Gasteiger partial charge in [-0.15, -0.1) is 0 Å². The van der Waals surface area contributed by atoms with E-state index < -0.39 is 0 Å². The molecule has 2 N–H and O–H groups in total. The summed E-state index contributed by atoms with van der Waals surface area (Å²) in [5, 5.41) is 5.65. The third-order valence-electron chi connectivity index (χ3n) is 3.24. The van der Waals surface area contributed by atoms with E-state index in [1.165, 1.54) is 0 Å². The molecule has 0 fully saturated rings. The van der Waals surface area contributed by atoms with Crippen molar-refractivity contribution in [1.29, 1.82) is 0 Å². The molecule has 5 nitrogen and oxygen atoms in total. The largest absolute Gasteiger partial charge is 0.352 e. The molecule has 1 heterocycles. The first-order chi connectivity index (χ1) is 11.1. The lowest BCUT2D eigenvalue weighted by molar-refractivity contribution is 0.0938. The van der Waals surface area contributed by atoms with Crippen LogP contribution in [0.3, 0.4) is 0 Å². The zero-order valence-electron chi connectivity index (χ0n) is 13.4. The smallest absolute Gasteiger partial charge is 0.251 e. The molecule has 2 aromatic rings. The maximum absolute atomic E-state index is 12.1. The lowest BCUT2D eigenvalue weighted by atomic mass is 10.1. The maximum Gasteiger partial charge on any atom is 0.251 e. The fourth-order valence-corrected chi connectivity index (χ4v) is 1.95. The molecule has 0 atom stereocenters. The van der Waals surface area contributed by atoms with E-state index in [0.717, 1.165) is 5.69 Å². The first kappa shape index (κ1) is 16.7. The predicted molar refractivity (Wildman–Crippen MR) is 89.0 cm³/mol. The summed E-state index contributed by atoms with van der Waals surface area (Å²) in [6, 6.07) is 12.2. The summed E-state index contributed by atoms with van der Waals surface area (Å²) in [7, 11) is 0. The molecule has 0 bridgehead atoms. The number of rotatable bonds is 6. The van der Waals surface area contributed by atoms with Crippen molar-refractivity contribution < 1.29 is 9.59 Å². The van der Waals surface area contributed by atoms with Crippen molar-refractivity contribution in [1.82, 2.24) is 15.6 Å². The van der Waals surface area contributed by atoms with E-state index in [9.17, 15) is 9.59 Å². The highest BCUT2D eigenvalue weighted by molar-refractivity contribution is 5.97. The van der Waals surface area contributed by atoms with Gasteiger partial charge in [-0.3, -0.25) is 14.6 Å². The number of nitrogens with one attached hydrogen (secondary N) is 2. The molecular weight excluding hydrogens is 290 g/mol. The molecular formula is C18H21N3O2. The van der Waals surface area contributed by atoms with E-state index in [1.54, 1.807) is 30.5 Å². The van der Waals surface area contributed by atoms with Crippen molar-refractivity contribution in [2.24, 2.45) is 5.92 Å². The van der Waals surface area contributed by atoms with Crippen LogP contribution in [0.15, 0.2) is 48.7 Å². The number of carbonyl (C=O) groups is 2. The minimum absolute atomic E-state index is 0.126. The summed E-state index contributed by atoms with van der Waals surface area (Å²) in [6.07, 6.45) is 1.69. The molecule has 120 valence electrons. The van der Waals surface area contributed by atoms with Crippen LogP contribution >= 0.6 is 0 Å². The second-order valence-electron chi connectivity index (χ2n) is 5.68. The van der Waals surface area contributed by atoms with Crippen molar-refractivity contribution in [2.75, 3.05) is 6.54 Å². The van der Waals surface area contributed by atoms with Gasteiger partial charge in [-0.1, -0.05) is 19.9 Å². The molecule has 1 aromatic heterocycles. The average molecular weight is 311 g/mol. The highest BCUT2D eigenvalue weighted by Crippen LogP contribution is 2.05. The van der Waals surface area contributed by atoms with E-state index >= 15 is 0 Å². The number of aromatic nitrogens is 1. The van der Waals surface area contributed by atoms with Crippen LogP contribution in [-0.4, -0.2) is 23.3 Å². The van der Waals surface area contributed by atoms with Gasteiger partial charge < -0.3 is 10.6 Å². The minimum Gasteiger partial charge on any atom is -0.352 e. The predicted octanol–water partition coefficient (Wildman–Crippen LogP) is 2.40.